The zero-order chi connectivity index (χ0) is 17.7. The number of carbonyl (C=O) groups excluding carboxylic acids is 1. The molecular weight excluding hydrogens is 308 g/mol. The molecule has 0 aliphatic carbocycles. The molecule has 1 aromatic carbocycles. The van der Waals surface area contributed by atoms with Crippen molar-refractivity contribution in [2.24, 2.45) is 5.92 Å². The Kier molecular flexibility index (Phi) is 5.84. The summed E-state index contributed by atoms with van der Waals surface area (Å²) in [5, 5.41) is 4.08. The van der Waals surface area contributed by atoms with Crippen molar-refractivity contribution in [2.45, 2.75) is 27.3 Å². The van der Waals surface area contributed by atoms with Crippen LogP contribution in [0.1, 0.15) is 26.5 Å². The highest BCUT2D eigenvalue weighted by atomic mass is 16.5. The third-order valence-corrected chi connectivity index (χ3v) is 3.77. The normalized spacial score (nSPS) is 10.8. The smallest absolute Gasteiger partial charge is 0.225 e. The van der Waals surface area contributed by atoms with E-state index in [0.29, 0.717) is 36.0 Å². The lowest BCUT2D eigenvalue weighted by atomic mass is 10.1. The summed E-state index contributed by atoms with van der Waals surface area (Å²) in [6.45, 7) is 6.79. The number of aromatic nitrogens is 1. The summed E-state index contributed by atoms with van der Waals surface area (Å²) in [6, 6.07) is 7.32. The van der Waals surface area contributed by atoms with Crippen molar-refractivity contribution < 1.29 is 18.8 Å². The van der Waals surface area contributed by atoms with Crippen LogP contribution in [0.25, 0.3) is 11.3 Å². The number of methoxy groups -OCH3 is 2. The van der Waals surface area contributed by atoms with Gasteiger partial charge >= 0.3 is 0 Å². The summed E-state index contributed by atoms with van der Waals surface area (Å²) >= 11 is 0. The molecule has 0 aliphatic heterocycles. The highest BCUT2D eigenvalue weighted by molar-refractivity contribution is 5.78. The molecule has 0 bridgehead atoms. The number of benzene rings is 1. The van der Waals surface area contributed by atoms with Gasteiger partial charge < -0.3 is 18.9 Å². The van der Waals surface area contributed by atoms with E-state index in [1.54, 1.807) is 25.2 Å². The molecule has 2 aromatic rings. The number of rotatable bonds is 7. The predicted molar refractivity (Wildman–Crippen MR) is 91.0 cm³/mol. The van der Waals surface area contributed by atoms with Gasteiger partial charge in [0.25, 0.3) is 0 Å². The molecule has 24 heavy (non-hydrogen) atoms. The quantitative estimate of drug-likeness (QED) is 0.778. The highest BCUT2D eigenvalue weighted by Crippen LogP contribution is 2.33. The second kappa shape index (κ2) is 7.86. The summed E-state index contributed by atoms with van der Waals surface area (Å²) in [7, 11) is 3.20. The van der Waals surface area contributed by atoms with Gasteiger partial charge in [-0.05, 0) is 19.1 Å². The minimum atomic E-state index is -0.0435. The zero-order valence-corrected chi connectivity index (χ0v) is 14.8. The molecule has 1 aromatic heterocycles. The number of ether oxygens (including phenoxy) is 2. The fourth-order valence-electron chi connectivity index (χ4n) is 2.42. The van der Waals surface area contributed by atoms with Gasteiger partial charge in [-0.2, -0.15) is 0 Å². The molecule has 6 nitrogen and oxygen atoms in total. The summed E-state index contributed by atoms with van der Waals surface area (Å²) in [5.74, 6) is 2.00. The van der Waals surface area contributed by atoms with Gasteiger partial charge in [0, 0.05) is 24.6 Å². The van der Waals surface area contributed by atoms with E-state index < -0.39 is 0 Å². The van der Waals surface area contributed by atoms with Crippen LogP contribution in [0.3, 0.4) is 0 Å². The van der Waals surface area contributed by atoms with Crippen LogP contribution in [-0.2, 0) is 11.3 Å². The minimum absolute atomic E-state index is 0.0435. The standard InChI is InChI=1S/C18H24N2O4/c1-6-20(18(21)12(2)3)11-13-9-17(24-19-13)15-8-7-14(22-4)10-16(15)23-5/h7-10,12H,6,11H2,1-5H3. The Morgan fingerprint density at radius 1 is 1.25 bits per heavy atom. The number of carbonyl (C=O) groups is 1. The largest absolute Gasteiger partial charge is 0.497 e. The first kappa shape index (κ1) is 17.8. The Morgan fingerprint density at radius 3 is 2.58 bits per heavy atom. The van der Waals surface area contributed by atoms with Gasteiger partial charge in [-0.25, -0.2) is 0 Å². The molecule has 0 fully saturated rings. The van der Waals surface area contributed by atoms with Crippen LogP contribution < -0.4 is 9.47 Å². The van der Waals surface area contributed by atoms with Gasteiger partial charge in [0.1, 0.15) is 17.2 Å². The summed E-state index contributed by atoms with van der Waals surface area (Å²) < 4.78 is 16.0. The van der Waals surface area contributed by atoms with Crippen molar-refractivity contribution in [1.29, 1.82) is 0 Å². The van der Waals surface area contributed by atoms with Gasteiger partial charge in [-0.1, -0.05) is 19.0 Å². The third-order valence-electron chi connectivity index (χ3n) is 3.77. The maximum absolute atomic E-state index is 12.2. The molecule has 0 aliphatic rings. The van der Waals surface area contributed by atoms with Crippen LogP contribution >= 0.6 is 0 Å². The molecule has 0 N–H and O–H groups in total. The van der Waals surface area contributed by atoms with Crippen LogP contribution in [0.4, 0.5) is 0 Å². The Bertz CT molecular complexity index is 694. The van der Waals surface area contributed by atoms with Crippen LogP contribution in [0.15, 0.2) is 28.8 Å². The number of nitrogens with zero attached hydrogens (tertiary/aromatic N) is 2. The minimum Gasteiger partial charge on any atom is -0.497 e. The number of amides is 1. The van der Waals surface area contributed by atoms with E-state index >= 15 is 0 Å². The fourth-order valence-corrected chi connectivity index (χ4v) is 2.42. The molecule has 0 radical (unpaired) electrons. The second-order valence-electron chi connectivity index (χ2n) is 5.76. The Labute approximate surface area is 142 Å². The van der Waals surface area contributed by atoms with E-state index in [-0.39, 0.29) is 11.8 Å². The van der Waals surface area contributed by atoms with Crippen molar-refractivity contribution >= 4 is 5.91 Å². The van der Waals surface area contributed by atoms with Gasteiger partial charge in [0.2, 0.25) is 5.91 Å². The fraction of sp³-hybridized carbons (Fsp3) is 0.444. The Balaban J connectivity index is 2.23. The van der Waals surface area contributed by atoms with Crippen molar-refractivity contribution in [1.82, 2.24) is 10.1 Å². The Hall–Kier alpha value is -2.50. The predicted octanol–water partition coefficient (Wildman–Crippen LogP) is 3.36. The van der Waals surface area contributed by atoms with Crippen molar-refractivity contribution in [3.05, 3.63) is 30.0 Å². The van der Waals surface area contributed by atoms with E-state index in [1.165, 1.54) is 0 Å². The van der Waals surface area contributed by atoms with Gasteiger partial charge in [-0.15, -0.1) is 0 Å². The lowest BCUT2D eigenvalue weighted by Crippen LogP contribution is -2.33. The van der Waals surface area contributed by atoms with Crippen LogP contribution in [0.5, 0.6) is 11.5 Å². The first-order valence-electron chi connectivity index (χ1n) is 7.96. The zero-order valence-electron chi connectivity index (χ0n) is 14.8. The molecule has 130 valence electrons. The van der Waals surface area contributed by atoms with Crippen LogP contribution in [0.2, 0.25) is 0 Å². The maximum atomic E-state index is 12.2. The van der Waals surface area contributed by atoms with E-state index in [9.17, 15) is 4.79 Å². The highest BCUT2D eigenvalue weighted by Gasteiger charge is 2.19. The van der Waals surface area contributed by atoms with E-state index in [2.05, 4.69) is 5.16 Å². The van der Waals surface area contributed by atoms with Gasteiger partial charge in [0.05, 0.1) is 26.3 Å². The van der Waals surface area contributed by atoms with Crippen molar-refractivity contribution in [3.8, 4) is 22.8 Å². The van der Waals surface area contributed by atoms with Gasteiger partial charge in [-0.3, -0.25) is 4.79 Å². The molecule has 0 spiro atoms. The number of hydrogen-bond donors (Lipinski definition) is 0. The monoisotopic (exact) mass is 332 g/mol. The average molecular weight is 332 g/mol. The lowest BCUT2D eigenvalue weighted by molar-refractivity contribution is -0.134. The van der Waals surface area contributed by atoms with Gasteiger partial charge in [0.15, 0.2) is 5.76 Å². The molecule has 6 heteroatoms. The van der Waals surface area contributed by atoms with Crippen LogP contribution in [-0.4, -0.2) is 36.7 Å². The summed E-state index contributed by atoms with van der Waals surface area (Å²) in [6.07, 6.45) is 0. The van der Waals surface area contributed by atoms with E-state index in [0.717, 1.165) is 5.56 Å². The second-order valence-corrected chi connectivity index (χ2v) is 5.76. The molecule has 1 heterocycles. The average Bonchev–Trinajstić information content (AvgIpc) is 3.06. The topological polar surface area (TPSA) is 64.8 Å². The lowest BCUT2D eigenvalue weighted by Gasteiger charge is -2.21. The molecule has 0 atom stereocenters. The van der Waals surface area contributed by atoms with Crippen LogP contribution in [0, 0.1) is 5.92 Å². The third kappa shape index (κ3) is 3.88. The first-order valence-corrected chi connectivity index (χ1v) is 7.96. The van der Waals surface area contributed by atoms with E-state index in [4.69, 9.17) is 14.0 Å². The maximum Gasteiger partial charge on any atom is 0.225 e. The molecule has 0 saturated carbocycles. The molecule has 1 amide bonds. The van der Waals surface area contributed by atoms with Crippen molar-refractivity contribution in [2.75, 3.05) is 20.8 Å². The summed E-state index contributed by atoms with van der Waals surface area (Å²) in [4.78, 5) is 13.9. The first-order chi connectivity index (χ1) is 11.5. The molecule has 0 saturated heterocycles. The molecule has 2 rings (SSSR count). The SMILES string of the molecule is CCN(Cc1cc(-c2ccc(OC)cc2OC)on1)C(=O)C(C)C. The van der Waals surface area contributed by atoms with E-state index in [1.807, 2.05) is 39.0 Å². The summed E-state index contributed by atoms with van der Waals surface area (Å²) in [5.41, 5.74) is 1.49. The number of hydrogen-bond acceptors (Lipinski definition) is 5. The molecular formula is C18H24N2O4. The molecule has 0 unspecified atom stereocenters. The van der Waals surface area contributed by atoms with Crippen molar-refractivity contribution in [3.63, 3.8) is 0 Å². The Morgan fingerprint density at radius 2 is 2.00 bits per heavy atom.